The van der Waals surface area contributed by atoms with Gasteiger partial charge in [0, 0.05) is 6.54 Å². The molecule has 0 aliphatic carbocycles. The summed E-state index contributed by atoms with van der Waals surface area (Å²) in [6, 6.07) is 5.98. The van der Waals surface area contributed by atoms with E-state index < -0.39 is 21.9 Å². The fourth-order valence-corrected chi connectivity index (χ4v) is 5.21. The van der Waals surface area contributed by atoms with E-state index in [9.17, 15) is 22.8 Å². The van der Waals surface area contributed by atoms with E-state index in [-0.39, 0.29) is 41.8 Å². The van der Waals surface area contributed by atoms with Crippen LogP contribution in [0.4, 0.5) is 0 Å². The third kappa shape index (κ3) is 3.21. The Morgan fingerprint density at radius 1 is 1.27 bits per heavy atom. The van der Waals surface area contributed by atoms with E-state index in [4.69, 9.17) is 4.74 Å². The molecule has 0 spiro atoms. The molecule has 2 heterocycles. The summed E-state index contributed by atoms with van der Waals surface area (Å²) in [4.78, 5) is 37.3. The summed E-state index contributed by atoms with van der Waals surface area (Å²) in [6.07, 6.45) is 1.20. The molecule has 1 aromatic rings. The topological polar surface area (TPSA) is 101 Å². The third-order valence-electron chi connectivity index (χ3n) is 3.88. The average Bonchev–Trinajstić information content (AvgIpc) is 3.03. The maximum atomic E-state index is 12.5. The molecule has 2 aliphatic rings. The second kappa shape index (κ2) is 7.12. The smallest absolute Gasteiger partial charge is 0.333 e. The van der Waals surface area contributed by atoms with Gasteiger partial charge in [-0.25, -0.2) is 17.5 Å². The highest BCUT2D eigenvalue weighted by atomic mass is 32.2. The van der Waals surface area contributed by atoms with Gasteiger partial charge < -0.3 is 9.64 Å². The van der Waals surface area contributed by atoms with Crippen LogP contribution in [0, 0.1) is 0 Å². The first-order valence-electron chi connectivity index (χ1n) is 7.84. The zero-order valence-corrected chi connectivity index (χ0v) is 15.5. The molecule has 2 amide bonds. The number of benzene rings is 1. The Morgan fingerprint density at radius 3 is 2.69 bits per heavy atom. The summed E-state index contributed by atoms with van der Waals surface area (Å²) in [7, 11) is -3.93. The minimum absolute atomic E-state index is 0.0317. The Morgan fingerprint density at radius 2 is 2.00 bits per heavy atom. The van der Waals surface area contributed by atoms with Crippen LogP contribution in [-0.2, 0) is 24.3 Å². The third-order valence-corrected chi connectivity index (χ3v) is 6.74. The van der Waals surface area contributed by atoms with E-state index in [1.54, 1.807) is 19.1 Å². The van der Waals surface area contributed by atoms with Crippen molar-refractivity contribution in [3.8, 4) is 0 Å². The minimum Gasteiger partial charge on any atom is -0.463 e. The average molecular weight is 396 g/mol. The van der Waals surface area contributed by atoms with Crippen LogP contribution in [0.15, 0.2) is 40.3 Å². The maximum Gasteiger partial charge on any atom is 0.333 e. The molecule has 0 radical (unpaired) electrons. The van der Waals surface area contributed by atoms with Crippen LogP contribution in [-0.4, -0.2) is 60.9 Å². The number of amides is 2. The maximum absolute atomic E-state index is 12.5. The van der Waals surface area contributed by atoms with Gasteiger partial charge >= 0.3 is 5.97 Å². The summed E-state index contributed by atoms with van der Waals surface area (Å²) in [6.45, 7) is 1.65. The molecule has 1 fully saturated rings. The van der Waals surface area contributed by atoms with Gasteiger partial charge in [0.15, 0.2) is 0 Å². The summed E-state index contributed by atoms with van der Waals surface area (Å²) in [5, 5.41) is 0.384. The molecular formula is C16H16N2O6S2. The van der Waals surface area contributed by atoms with Crippen molar-refractivity contribution in [1.29, 1.82) is 0 Å². The van der Waals surface area contributed by atoms with Gasteiger partial charge in [0.1, 0.15) is 4.90 Å². The molecule has 1 aromatic carbocycles. The number of nitrogens with zero attached hydrogens (tertiary/aromatic N) is 2. The van der Waals surface area contributed by atoms with E-state index in [0.717, 1.165) is 4.31 Å². The molecule has 0 N–H and O–H groups in total. The molecule has 0 atom stereocenters. The summed E-state index contributed by atoms with van der Waals surface area (Å²) >= 11 is 1.17. The number of esters is 1. The van der Waals surface area contributed by atoms with E-state index in [0.29, 0.717) is 5.03 Å². The lowest BCUT2D eigenvalue weighted by atomic mass is 10.2. The van der Waals surface area contributed by atoms with Gasteiger partial charge in [-0.3, -0.25) is 9.59 Å². The normalized spacial score (nSPS) is 20.0. The fourth-order valence-electron chi connectivity index (χ4n) is 2.70. The molecule has 26 heavy (non-hydrogen) atoms. The largest absolute Gasteiger partial charge is 0.463 e. The second-order valence-electron chi connectivity index (χ2n) is 5.45. The summed E-state index contributed by atoms with van der Waals surface area (Å²) in [5.41, 5.74) is 0.122. The number of ether oxygens (including phenoxy) is 1. The number of hydrogen-bond donors (Lipinski definition) is 0. The van der Waals surface area contributed by atoms with E-state index in [1.165, 1.54) is 34.9 Å². The number of carbonyl (C=O) groups excluding carboxylic acids is 3. The number of thioether (sulfide) groups is 1. The predicted molar refractivity (Wildman–Crippen MR) is 93.6 cm³/mol. The van der Waals surface area contributed by atoms with Crippen LogP contribution in [0.25, 0.3) is 0 Å². The van der Waals surface area contributed by atoms with Crippen molar-refractivity contribution in [2.45, 2.75) is 11.8 Å². The van der Waals surface area contributed by atoms with Gasteiger partial charge in [0.2, 0.25) is 5.91 Å². The Hall–Kier alpha value is -2.33. The van der Waals surface area contributed by atoms with E-state index in [2.05, 4.69) is 0 Å². The first kappa shape index (κ1) is 18.5. The lowest BCUT2D eigenvalue weighted by Crippen LogP contribution is -2.38. The Bertz CT molecular complexity index is 909. The molecule has 8 nitrogen and oxygen atoms in total. The van der Waals surface area contributed by atoms with Crippen LogP contribution in [0.2, 0.25) is 0 Å². The molecule has 3 rings (SSSR count). The summed E-state index contributed by atoms with van der Waals surface area (Å²) in [5.74, 6) is -1.30. The SMILES string of the molecule is CCOC(=O)/C=C1\SCC(=O)N1CCN1C(=O)c2ccccc2S1(=O)=O. The van der Waals surface area contributed by atoms with Gasteiger partial charge in [0.25, 0.3) is 15.9 Å². The molecule has 2 aliphatic heterocycles. The van der Waals surface area contributed by atoms with Gasteiger partial charge in [-0.05, 0) is 19.1 Å². The lowest BCUT2D eigenvalue weighted by Gasteiger charge is -2.21. The molecule has 10 heteroatoms. The van der Waals surface area contributed by atoms with E-state index in [1.807, 2.05) is 0 Å². The van der Waals surface area contributed by atoms with Crippen molar-refractivity contribution in [2.75, 3.05) is 25.4 Å². The van der Waals surface area contributed by atoms with Crippen LogP contribution < -0.4 is 0 Å². The predicted octanol–water partition coefficient (Wildman–Crippen LogP) is 0.811. The van der Waals surface area contributed by atoms with Gasteiger partial charge in [0.05, 0.1) is 35.6 Å². The van der Waals surface area contributed by atoms with Gasteiger partial charge in [-0.15, -0.1) is 0 Å². The molecule has 0 saturated carbocycles. The highest BCUT2D eigenvalue weighted by Gasteiger charge is 2.41. The zero-order valence-electron chi connectivity index (χ0n) is 13.9. The first-order valence-corrected chi connectivity index (χ1v) is 10.3. The highest BCUT2D eigenvalue weighted by Crippen LogP contribution is 2.32. The van der Waals surface area contributed by atoms with Crippen molar-refractivity contribution < 1.29 is 27.5 Å². The Labute approximate surface area is 154 Å². The van der Waals surface area contributed by atoms with Crippen molar-refractivity contribution in [1.82, 2.24) is 9.21 Å². The van der Waals surface area contributed by atoms with Gasteiger partial charge in [-0.1, -0.05) is 23.9 Å². The number of rotatable bonds is 5. The van der Waals surface area contributed by atoms with Crippen LogP contribution >= 0.6 is 11.8 Å². The van der Waals surface area contributed by atoms with Crippen molar-refractivity contribution >= 4 is 39.6 Å². The Kier molecular flexibility index (Phi) is 5.05. The molecule has 0 unspecified atom stereocenters. The number of carbonyl (C=O) groups is 3. The molecule has 1 saturated heterocycles. The van der Waals surface area contributed by atoms with Crippen molar-refractivity contribution in [2.24, 2.45) is 0 Å². The molecule has 0 bridgehead atoms. The van der Waals surface area contributed by atoms with Crippen LogP contribution in [0.1, 0.15) is 17.3 Å². The second-order valence-corrected chi connectivity index (χ2v) is 8.27. The first-order chi connectivity index (χ1) is 12.4. The summed E-state index contributed by atoms with van der Waals surface area (Å²) < 4.78 is 30.7. The van der Waals surface area contributed by atoms with Gasteiger partial charge in [-0.2, -0.15) is 0 Å². The number of sulfonamides is 1. The Balaban J connectivity index is 1.77. The van der Waals surface area contributed by atoms with Crippen molar-refractivity contribution in [3.63, 3.8) is 0 Å². The standard InChI is InChI=1S/C16H16N2O6S2/c1-2-24-15(20)9-14-17(13(19)10-25-14)7-8-18-16(21)11-5-3-4-6-12(11)26(18,22)23/h3-6,9H,2,7-8,10H2,1H3/b14-9-. The monoisotopic (exact) mass is 396 g/mol. The molecule has 0 aromatic heterocycles. The van der Waals surface area contributed by atoms with Crippen LogP contribution in [0.5, 0.6) is 0 Å². The number of fused-ring (bicyclic) bond motifs is 1. The van der Waals surface area contributed by atoms with E-state index >= 15 is 0 Å². The lowest BCUT2D eigenvalue weighted by molar-refractivity contribution is -0.137. The molecule has 138 valence electrons. The minimum atomic E-state index is -3.93. The quantitative estimate of drug-likeness (QED) is 0.536. The molecular weight excluding hydrogens is 380 g/mol. The zero-order chi connectivity index (χ0) is 18.9. The number of hydrogen-bond acceptors (Lipinski definition) is 7. The van der Waals surface area contributed by atoms with Crippen LogP contribution in [0.3, 0.4) is 0 Å². The highest BCUT2D eigenvalue weighted by molar-refractivity contribution is 8.04. The van der Waals surface area contributed by atoms with Crippen molar-refractivity contribution in [3.05, 3.63) is 40.9 Å². The fraction of sp³-hybridized carbons (Fsp3) is 0.312.